The summed E-state index contributed by atoms with van der Waals surface area (Å²) in [6.07, 6.45) is 2.31. The maximum Gasteiger partial charge on any atom is 0.221 e. The van der Waals surface area contributed by atoms with Crippen LogP contribution in [0.4, 0.5) is 0 Å². The van der Waals surface area contributed by atoms with Crippen molar-refractivity contribution in [1.29, 1.82) is 0 Å². The predicted octanol–water partition coefficient (Wildman–Crippen LogP) is 1.41. The highest BCUT2D eigenvalue weighted by molar-refractivity contribution is 5.82. The minimum absolute atomic E-state index is 0.0732. The summed E-state index contributed by atoms with van der Waals surface area (Å²) < 4.78 is 1.91. The Hall–Kier alpha value is -1.88. The lowest BCUT2D eigenvalue weighted by molar-refractivity contribution is -0.121. The monoisotopic (exact) mass is 274 g/mol. The molecule has 0 spiro atoms. The van der Waals surface area contributed by atoms with Crippen LogP contribution in [0.5, 0.6) is 0 Å². The average Bonchev–Trinajstić information content (AvgIpc) is 2.80. The van der Waals surface area contributed by atoms with Crippen LogP contribution in [0.15, 0.2) is 24.4 Å². The van der Waals surface area contributed by atoms with E-state index in [2.05, 4.69) is 23.4 Å². The second-order valence-electron chi connectivity index (χ2n) is 5.28. The largest absolute Gasteiger partial charge is 0.355 e. The first-order valence-corrected chi connectivity index (χ1v) is 6.90. The summed E-state index contributed by atoms with van der Waals surface area (Å²) in [5.74, 6) is 0.0732. The van der Waals surface area contributed by atoms with Crippen molar-refractivity contribution >= 4 is 16.8 Å². The first-order chi connectivity index (χ1) is 9.58. The Labute approximate surface area is 119 Å². The van der Waals surface area contributed by atoms with Gasteiger partial charge in [0.05, 0.1) is 18.3 Å². The minimum Gasteiger partial charge on any atom is -0.355 e. The molecule has 0 aliphatic heterocycles. The number of carbonyl (C=O) groups excluding carboxylic acids is 1. The van der Waals surface area contributed by atoms with Crippen LogP contribution in [0.3, 0.4) is 0 Å². The number of para-hydroxylation sites is 1. The maximum atomic E-state index is 11.8. The molecule has 0 fully saturated rings. The molecule has 0 saturated carbocycles. The van der Waals surface area contributed by atoms with Crippen molar-refractivity contribution < 1.29 is 4.79 Å². The number of hydrogen-bond donors (Lipinski definition) is 1. The van der Waals surface area contributed by atoms with Crippen molar-refractivity contribution in [3.05, 3.63) is 30.0 Å². The van der Waals surface area contributed by atoms with Gasteiger partial charge in [-0.15, -0.1) is 0 Å². The lowest BCUT2D eigenvalue weighted by Gasteiger charge is -2.10. The number of likely N-dealkylation sites (N-methyl/N-ethyl adjacent to an activating group) is 1. The number of aromatic nitrogens is 2. The fraction of sp³-hybridized carbons (Fsp3) is 0.467. The molecular formula is C15H22N4O. The highest BCUT2D eigenvalue weighted by Gasteiger charge is 2.07. The molecule has 0 atom stereocenters. The number of nitrogens with zero attached hydrogens (tertiary/aromatic N) is 3. The first-order valence-electron chi connectivity index (χ1n) is 6.90. The van der Waals surface area contributed by atoms with Crippen LogP contribution < -0.4 is 5.32 Å². The van der Waals surface area contributed by atoms with Gasteiger partial charge < -0.3 is 10.2 Å². The van der Waals surface area contributed by atoms with E-state index in [9.17, 15) is 4.79 Å². The molecule has 0 aliphatic rings. The number of carbonyl (C=O) groups is 1. The summed E-state index contributed by atoms with van der Waals surface area (Å²) in [7, 11) is 3.98. The SMILES string of the molecule is Cc1cccc2cnn(CCC(=O)NCCN(C)C)c12. The van der Waals surface area contributed by atoms with Crippen LogP contribution >= 0.6 is 0 Å². The van der Waals surface area contributed by atoms with Crippen LogP contribution in [0.25, 0.3) is 10.9 Å². The maximum absolute atomic E-state index is 11.8. The standard InChI is InChI=1S/C15H22N4O/c1-12-5-4-6-13-11-17-19(15(12)13)9-7-14(20)16-8-10-18(2)3/h4-6,11H,7-10H2,1-3H3,(H,16,20). The zero-order chi connectivity index (χ0) is 14.5. The van der Waals surface area contributed by atoms with E-state index < -0.39 is 0 Å². The number of fused-ring (bicyclic) bond motifs is 1. The Kier molecular flexibility index (Phi) is 4.74. The minimum atomic E-state index is 0.0732. The molecule has 108 valence electrons. The predicted molar refractivity (Wildman–Crippen MR) is 80.7 cm³/mol. The van der Waals surface area contributed by atoms with Gasteiger partial charge in [-0.05, 0) is 26.6 Å². The van der Waals surface area contributed by atoms with E-state index in [1.165, 1.54) is 5.56 Å². The molecule has 0 saturated heterocycles. The van der Waals surface area contributed by atoms with Crippen molar-refractivity contribution in [3.63, 3.8) is 0 Å². The fourth-order valence-corrected chi connectivity index (χ4v) is 2.21. The van der Waals surface area contributed by atoms with E-state index in [-0.39, 0.29) is 5.91 Å². The number of nitrogens with one attached hydrogen (secondary N) is 1. The van der Waals surface area contributed by atoms with Gasteiger partial charge >= 0.3 is 0 Å². The molecule has 0 bridgehead atoms. The van der Waals surface area contributed by atoms with E-state index in [4.69, 9.17) is 0 Å². The van der Waals surface area contributed by atoms with E-state index >= 15 is 0 Å². The molecule has 1 N–H and O–H groups in total. The van der Waals surface area contributed by atoms with Gasteiger partial charge in [0.25, 0.3) is 0 Å². The number of benzene rings is 1. The first kappa shape index (κ1) is 14.5. The van der Waals surface area contributed by atoms with Crippen LogP contribution in [0.2, 0.25) is 0 Å². The number of hydrogen-bond acceptors (Lipinski definition) is 3. The Morgan fingerprint density at radius 2 is 2.20 bits per heavy atom. The molecule has 2 rings (SSSR count). The Morgan fingerprint density at radius 1 is 1.40 bits per heavy atom. The third kappa shape index (κ3) is 3.57. The molecule has 1 heterocycles. The molecular weight excluding hydrogens is 252 g/mol. The lowest BCUT2D eigenvalue weighted by Crippen LogP contribution is -2.31. The van der Waals surface area contributed by atoms with Crippen LogP contribution in [-0.2, 0) is 11.3 Å². The third-order valence-electron chi connectivity index (χ3n) is 3.30. The Morgan fingerprint density at radius 3 is 2.95 bits per heavy atom. The van der Waals surface area contributed by atoms with Gasteiger partial charge in [0.1, 0.15) is 0 Å². The Balaban J connectivity index is 1.91. The van der Waals surface area contributed by atoms with Crippen molar-refractivity contribution in [2.75, 3.05) is 27.2 Å². The van der Waals surface area contributed by atoms with E-state index in [1.54, 1.807) is 0 Å². The zero-order valence-electron chi connectivity index (χ0n) is 12.4. The molecule has 20 heavy (non-hydrogen) atoms. The summed E-state index contributed by atoms with van der Waals surface area (Å²) in [5, 5.41) is 8.41. The van der Waals surface area contributed by atoms with Gasteiger partial charge in [0.2, 0.25) is 5.91 Å². The quantitative estimate of drug-likeness (QED) is 0.866. The van der Waals surface area contributed by atoms with Crippen LogP contribution in [0, 0.1) is 6.92 Å². The van der Waals surface area contributed by atoms with Crippen LogP contribution in [0.1, 0.15) is 12.0 Å². The van der Waals surface area contributed by atoms with E-state index in [0.717, 1.165) is 17.4 Å². The molecule has 2 aromatic rings. The van der Waals surface area contributed by atoms with E-state index in [0.29, 0.717) is 19.5 Å². The van der Waals surface area contributed by atoms with Crippen molar-refractivity contribution in [3.8, 4) is 0 Å². The van der Waals surface area contributed by atoms with Gasteiger partial charge in [0.15, 0.2) is 0 Å². The second-order valence-corrected chi connectivity index (χ2v) is 5.28. The highest BCUT2D eigenvalue weighted by atomic mass is 16.1. The van der Waals surface area contributed by atoms with Crippen LogP contribution in [-0.4, -0.2) is 47.8 Å². The summed E-state index contributed by atoms with van der Waals surface area (Å²) in [6, 6.07) is 6.14. The molecule has 0 unspecified atom stereocenters. The van der Waals surface area contributed by atoms with Crippen molar-refractivity contribution in [1.82, 2.24) is 20.0 Å². The molecule has 1 amide bonds. The molecule has 5 heteroatoms. The lowest BCUT2D eigenvalue weighted by atomic mass is 10.2. The normalized spacial score (nSPS) is 11.2. The van der Waals surface area contributed by atoms with Gasteiger partial charge in [-0.2, -0.15) is 5.10 Å². The van der Waals surface area contributed by atoms with Crippen molar-refractivity contribution in [2.45, 2.75) is 19.9 Å². The van der Waals surface area contributed by atoms with Gasteiger partial charge in [0, 0.05) is 24.9 Å². The fourth-order valence-electron chi connectivity index (χ4n) is 2.21. The third-order valence-corrected chi connectivity index (χ3v) is 3.30. The molecule has 0 aliphatic carbocycles. The Bertz CT molecular complexity index is 589. The summed E-state index contributed by atoms with van der Waals surface area (Å²) in [5.41, 5.74) is 2.31. The van der Waals surface area contributed by atoms with Gasteiger partial charge in [-0.25, -0.2) is 0 Å². The topological polar surface area (TPSA) is 50.2 Å². The van der Waals surface area contributed by atoms with Gasteiger partial charge in [-0.3, -0.25) is 9.48 Å². The number of amides is 1. The second kappa shape index (κ2) is 6.52. The number of rotatable bonds is 6. The molecule has 0 radical (unpaired) electrons. The summed E-state index contributed by atoms with van der Waals surface area (Å²) in [6.45, 7) is 4.22. The van der Waals surface area contributed by atoms with Crippen molar-refractivity contribution in [2.24, 2.45) is 0 Å². The molecule has 5 nitrogen and oxygen atoms in total. The zero-order valence-corrected chi connectivity index (χ0v) is 12.4. The number of aryl methyl sites for hydroxylation is 2. The average molecular weight is 274 g/mol. The smallest absolute Gasteiger partial charge is 0.221 e. The summed E-state index contributed by atoms with van der Waals surface area (Å²) in [4.78, 5) is 13.8. The highest BCUT2D eigenvalue weighted by Crippen LogP contribution is 2.17. The van der Waals surface area contributed by atoms with Gasteiger partial charge in [-0.1, -0.05) is 18.2 Å². The van der Waals surface area contributed by atoms with E-state index in [1.807, 2.05) is 42.0 Å². The molecule has 1 aromatic carbocycles. The summed E-state index contributed by atoms with van der Waals surface area (Å²) >= 11 is 0. The molecule has 1 aromatic heterocycles.